The van der Waals surface area contributed by atoms with Crippen molar-refractivity contribution in [3.8, 4) is 0 Å². The molecule has 7 heteroatoms. The molecule has 0 spiro atoms. The first-order valence-electron chi connectivity index (χ1n) is 9.67. The molecule has 0 unspecified atom stereocenters. The number of benzene rings is 2. The lowest BCUT2D eigenvalue weighted by Gasteiger charge is -2.21. The number of nitrogens with one attached hydrogen (secondary N) is 1. The van der Waals surface area contributed by atoms with Crippen LogP contribution in [0.1, 0.15) is 34.8 Å². The Morgan fingerprint density at radius 3 is 2.70 bits per heavy atom. The molecule has 4 rings (SSSR count). The minimum atomic E-state index is -0.408. The van der Waals surface area contributed by atoms with E-state index in [1.165, 1.54) is 0 Å². The van der Waals surface area contributed by atoms with Crippen LogP contribution in [0.25, 0.3) is 16.6 Å². The molecule has 1 amide bonds. The zero-order valence-electron chi connectivity index (χ0n) is 16.4. The quantitative estimate of drug-likeness (QED) is 0.594. The Bertz CT molecular complexity index is 1220. The van der Waals surface area contributed by atoms with Gasteiger partial charge in [-0.15, -0.1) is 0 Å². The summed E-state index contributed by atoms with van der Waals surface area (Å²) in [7, 11) is 0. The van der Waals surface area contributed by atoms with Crippen LogP contribution in [0.2, 0.25) is 5.02 Å². The van der Waals surface area contributed by atoms with Crippen molar-refractivity contribution in [2.45, 2.75) is 31.2 Å². The summed E-state index contributed by atoms with van der Waals surface area (Å²) in [6.07, 6.45) is 2.93. The van der Waals surface area contributed by atoms with Gasteiger partial charge in [0.15, 0.2) is 0 Å². The number of amides is 1. The summed E-state index contributed by atoms with van der Waals surface area (Å²) in [5, 5.41) is 15.2. The fourth-order valence-electron chi connectivity index (χ4n) is 3.53. The standard InChI is InChI=1S/C23H21ClN2O3S/c1-14-13-30-20-10-16(3-2-8-27)9-18-21(20)26(14)12-19(22(18)28)23(29)25-11-15-4-6-17(24)7-5-15/h4-7,9-10,12-13,27H,2-3,8,11H2,1H3,(H,25,29). The first-order chi connectivity index (χ1) is 14.5. The maximum atomic E-state index is 13.2. The molecule has 5 nitrogen and oxygen atoms in total. The van der Waals surface area contributed by atoms with Gasteiger partial charge in [-0.25, -0.2) is 0 Å². The average Bonchev–Trinajstić information content (AvgIpc) is 2.75. The predicted molar refractivity (Wildman–Crippen MR) is 122 cm³/mol. The highest BCUT2D eigenvalue weighted by atomic mass is 35.5. The Labute approximate surface area is 183 Å². The lowest BCUT2D eigenvalue weighted by Crippen LogP contribution is -2.29. The van der Waals surface area contributed by atoms with E-state index in [4.69, 9.17) is 16.7 Å². The predicted octanol–water partition coefficient (Wildman–Crippen LogP) is 4.43. The van der Waals surface area contributed by atoms with E-state index in [0.29, 0.717) is 29.8 Å². The molecule has 1 aliphatic rings. The highest BCUT2D eigenvalue weighted by molar-refractivity contribution is 8.02. The van der Waals surface area contributed by atoms with E-state index < -0.39 is 5.91 Å². The number of aryl methyl sites for hydroxylation is 1. The zero-order valence-corrected chi connectivity index (χ0v) is 18.0. The molecule has 2 heterocycles. The number of aliphatic hydroxyl groups is 1. The van der Waals surface area contributed by atoms with Crippen molar-refractivity contribution in [2.75, 3.05) is 6.61 Å². The maximum absolute atomic E-state index is 13.2. The van der Waals surface area contributed by atoms with Crippen LogP contribution in [0, 0.1) is 0 Å². The zero-order chi connectivity index (χ0) is 21.3. The topological polar surface area (TPSA) is 71.3 Å². The fraction of sp³-hybridized carbons (Fsp3) is 0.217. The average molecular weight is 441 g/mol. The first-order valence-corrected chi connectivity index (χ1v) is 10.9. The SMILES string of the molecule is CC1=CSc2cc(CCCO)cc3c(=O)c(C(=O)NCc4ccc(Cl)cc4)cn1c23. The van der Waals surface area contributed by atoms with Gasteiger partial charge in [-0.3, -0.25) is 9.59 Å². The summed E-state index contributed by atoms with van der Waals surface area (Å²) >= 11 is 7.48. The van der Waals surface area contributed by atoms with Crippen molar-refractivity contribution in [1.82, 2.24) is 9.88 Å². The maximum Gasteiger partial charge on any atom is 0.257 e. The highest BCUT2D eigenvalue weighted by Crippen LogP contribution is 2.36. The number of allylic oxidation sites excluding steroid dienone is 1. The summed E-state index contributed by atoms with van der Waals surface area (Å²) in [5.74, 6) is -0.408. The van der Waals surface area contributed by atoms with E-state index >= 15 is 0 Å². The summed E-state index contributed by atoms with van der Waals surface area (Å²) < 4.78 is 1.91. The van der Waals surface area contributed by atoms with Crippen molar-refractivity contribution in [2.24, 2.45) is 0 Å². The van der Waals surface area contributed by atoms with Gasteiger partial charge in [0.05, 0.1) is 5.52 Å². The van der Waals surface area contributed by atoms with Crippen molar-refractivity contribution in [1.29, 1.82) is 0 Å². The number of aliphatic hydroxyl groups excluding tert-OH is 1. The number of hydrogen-bond donors (Lipinski definition) is 2. The highest BCUT2D eigenvalue weighted by Gasteiger charge is 2.21. The first kappa shape index (κ1) is 20.7. The van der Waals surface area contributed by atoms with E-state index in [1.54, 1.807) is 30.1 Å². The molecular weight excluding hydrogens is 420 g/mol. The number of carbonyl (C=O) groups is 1. The summed E-state index contributed by atoms with van der Waals surface area (Å²) in [6.45, 7) is 2.35. The van der Waals surface area contributed by atoms with Crippen molar-refractivity contribution < 1.29 is 9.90 Å². The number of hydrogen-bond acceptors (Lipinski definition) is 4. The second-order valence-corrected chi connectivity index (χ2v) is 8.59. The van der Waals surface area contributed by atoms with E-state index in [2.05, 4.69) is 11.4 Å². The Morgan fingerprint density at radius 2 is 1.97 bits per heavy atom. The third-order valence-electron chi connectivity index (χ3n) is 5.09. The molecule has 154 valence electrons. The van der Waals surface area contributed by atoms with Gasteiger partial charge in [0.2, 0.25) is 5.43 Å². The minimum absolute atomic E-state index is 0.0941. The van der Waals surface area contributed by atoms with Gasteiger partial charge in [0.1, 0.15) is 5.56 Å². The number of pyridine rings is 1. The van der Waals surface area contributed by atoms with Gasteiger partial charge < -0.3 is 15.0 Å². The molecule has 1 aliphatic heterocycles. The van der Waals surface area contributed by atoms with Crippen molar-refractivity contribution in [3.05, 3.63) is 79.9 Å². The van der Waals surface area contributed by atoms with Crippen LogP contribution in [0.5, 0.6) is 0 Å². The normalized spacial score (nSPS) is 12.7. The molecule has 3 aromatic rings. The number of halogens is 1. The number of rotatable bonds is 6. The molecule has 0 aliphatic carbocycles. The third kappa shape index (κ3) is 4.03. The van der Waals surface area contributed by atoms with Crippen LogP contribution >= 0.6 is 23.4 Å². The molecule has 2 aromatic carbocycles. The Hall–Kier alpha value is -2.54. The van der Waals surface area contributed by atoms with Gasteiger partial charge >= 0.3 is 0 Å². The van der Waals surface area contributed by atoms with Crippen LogP contribution in [0.15, 0.2) is 57.7 Å². The number of aromatic nitrogens is 1. The molecule has 0 radical (unpaired) electrons. The minimum Gasteiger partial charge on any atom is -0.396 e. The van der Waals surface area contributed by atoms with Crippen LogP contribution < -0.4 is 10.7 Å². The Kier molecular flexibility index (Phi) is 5.99. The van der Waals surface area contributed by atoms with Crippen LogP contribution in [0.3, 0.4) is 0 Å². The van der Waals surface area contributed by atoms with Crippen molar-refractivity contribution in [3.63, 3.8) is 0 Å². The molecule has 0 fully saturated rings. The molecule has 0 atom stereocenters. The Morgan fingerprint density at radius 1 is 1.20 bits per heavy atom. The smallest absolute Gasteiger partial charge is 0.257 e. The molecule has 0 bridgehead atoms. The molecule has 30 heavy (non-hydrogen) atoms. The monoisotopic (exact) mass is 440 g/mol. The third-order valence-corrected chi connectivity index (χ3v) is 6.37. The van der Waals surface area contributed by atoms with E-state index in [-0.39, 0.29) is 17.6 Å². The van der Waals surface area contributed by atoms with Gasteiger partial charge in [-0.05, 0) is 60.6 Å². The lowest BCUT2D eigenvalue weighted by atomic mass is 10.0. The molecule has 1 aromatic heterocycles. The number of carbonyl (C=O) groups excluding carboxylic acids is 1. The van der Waals surface area contributed by atoms with Gasteiger partial charge in [-0.1, -0.05) is 35.5 Å². The largest absolute Gasteiger partial charge is 0.396 e. The fourth-order valence-corrected chi connectivity index (χ4v) is 4.60. The van der Waals surface area contributed by atoms with Crippen LogP contribution in [-0.4, -0.2) is 22.2 Å². The number of nitrogens with zero attached hydrogens (tertiary/aromatic N) is 1. The molecule has 0 saturated carbocycles. The van der Waals surface area contributed by atoms with E-state index in [9.17, 15) is 9.59 Å². The summed E-state index contributed by atoms with van der Waals surface area (Å²) in [4.78, 5) is 27.1. The number of thioether (sulfide) groups is 1. The molecule has 2 N–H and O–H groups in total. The lowest BCUT2D eigenvalue weighted by molar-refractivity contribution is 0.0949. The van der Waals surface area contributed by atoms with E-state index in [1.807, 2.05) is 35.1 Å². The van der Waals surface area contributed by atoms with Crippen molar-refractivity contribution >= 4 is 45.9 Å². The van der Waals surface area contributed by atoms with Crippen LogP contribution in [0.4, 0.5) is 0 Å². The summed E-state index contributed by atoms with van der Waals surface area (Å²) in [6, 6.07) is 11.1. The second-order valence-electron chi connectivity index (χ2n) is 7.25. The van der Waals surface area contributed by atoms with Gasteiger partial charge in [0, 0.05) is 40.3 Å². The van der Waals surface area contributed by atoms with Crippen LogP contribution in [-0.2, 0) is 13.0 Å². The van der Waals surface area contributed by atoms with Gasteiger partial charge in [0.25, 0.3) is 5.91 Å². The second kappa shape index (κ2) is 8.68. The Balaban J connectivity index is 1.73. The van der Waals surface area contributed by atoms with Gasteiger partial charge in [-0.2, -0.15) is 0 Å². The molecular formula is C23H21ClN2O3S. The van der Waals surface area contributed by atoms with E-state index in [0.717, 1.165) is 27.2 Å². The molecule has 0 saturated heterocycles. The summed E-state index contributed by atoms with van der Waals surface area (Å²) in [5.41, 5.74) is 3.49.